The molecule has 0 aliphatic rings. The molecule has 0 radical (unpaired) electrons. The molecule has 84 valence electrons. The van der Waals surface area contributed by atoms with Crippen molar-refractivity contribution in [3.05, 3.63) is 56.7 Å². The maximum absolute atomic E-state index is 10.1. The van der Waals surface area contributed by atoms with Crippen LogP contribution in [0.3, 0.4) is 0 Å². The Morgan fingerprint density at radius 2 is 2.19 bits per heavy atom. The van der Waals surface area contributed by atoms with E-state index < -0.39 is 6.10 Å². The molecule has 0 amide bonds. The van der Waals surface area contributed by atoms with Gasteiger partial charge in [-0.25, -0.2) is 0 Å². The summed E-state index contributed by atoms with van der Waals surface area (Å²) in [6, 6.07) is 9.66. The molecule has 2 aromatic rings. The molecule has 1 aromatic carbocycles. The Labute approximate surface area is 104 Å². The molecule has 1 atom stereocenters. The zero-order valence-corrected chi connectivity index (χ0v) is 10.6. The van der Waals surface area contributed by atoms with Crippen LogP contribution in [0.25, 0.3) is 0 Å². The van der Waals surface area contributed by atoms with Crippen LogP contribution in [0.5, 0.6) is 0 Å². The highest BCUT2D eigenvalue weighted by Crippen LogP contribution is 2.26. The third-order valence-electron chi connectivity index (χ3n) is 2.57. The van der Waals surface area contributed by atoms with Crippen LogP contribution in [-0.2, 0) is 6.42 Å². The molecule has 0 aliphatic heterocycles. The van der Waals surface area contributed by atoms with Crippen LogP contribution in [0, 0.1) is 6.92 Å². The highest BCUT2D eigenvalue weighted by molar-refractivity contribution is 7.09. The first kappa shape index (κ1) is 11.6. The van der Waals surface area contributed by atoms with Gasteiger partial charge in [-0.2, -0.15) is 0 Å². The molecular formula is C13H13ClOS. The van der Waals surface area contributed by atoms with Crippen molar-refractivity contribution in [3.8, 4) is 0 Å². The van der Waals surface area contributed by atoms with Crippen molar-refractivity contribution >= 4 is 22.9 Å². The molecule has 0 fully saturated rings. The summed E-state index contributed by atoms with van der Waals surface area (Å²) < 4.78 is 0. The van der Waals surface area contributed by atoms with Crippen molar-refractivity contribution < 1.29 is 5.11 Å². The molecule has 2 rings (SSSR count). The van der Waals surface area contributed by atoms with Gasteiger partial charge in [0.15, 0.2) is 0 Å². The van der Waals surface area contributed by atoms with Gasteiger partial charge in [-0.05, 0) is 41.6 Å². The standard InChI is InChI=1S/C13H13ClOS/c1-9-4-5-10(14)7-12(9)13(15)8-11-3-2-6-16-11/h2-7,13,15H,8H2,1H3. The maximum atomic E-state index is 10.1. The Balaban J connectivity index is 2.20. The van der Waals surface area contributed by atoms with E-state index in [0.29, 0.717) is 11.4 Å². The van der Waals surface area contributed by atoms with Gasteiger partial charge in [0.05, 0.1) is 6.10 Å². The van der Waals surface area contributed by atoms with Crippen LogP contribution >= 0.6 is 22.9 Å². The smallest absolute Gasteiger partial charge is 0.0841 e. The van der Waals surface area contributed by atoms with Gasteiger partial charge in [0.1, 0.15) is 0 Å². The molecule has 3 heteroatoms. The van der Waals surface area contributed by atoms with Crippen LogP contribution in [0.4, 0.5) is 0 Å². The van der Waals surface area contributed by atoms with Gasteiger partial charge in [-0.1, -0.05) is 23.7 Å². The summed E-state index contributed by atoms with van der Waals surface area (Å²) in [5, 5.41) is 12.8. The zero-order chi connectivity index (χ0) is 11.5. The first-order valence-corrected chi connectivity index (χ1v) is 6.39. The van der Waals surface area contributed by atoms with Crippen LogP contribution in [0.15, 0.2) is 35.7 Å². The number of thiophene rings is 1. The van der Waals surface area contributed by atoms with E-state index in [1.165, 1.54) is 4.88 Å². The molecule has 0 spiro atoms. The second kappa shape index (κ2) is 5.00. The molecule has 0 saturated carbocycles. The van der Waals surface area contributed by atoms with E-state index in [-0.39, 0.29) is 0 Å². The second-order valence-electron chi connectivity index (χ2n) is 3.80. The quantitative estimate of drug-likeness (QED) is 0.876. The zero-order valence-electron chi connectivity index (χ0n) is 8.98. The highest BCUT2D eigenvalue weighted by atomic mass is 35.5. The summed E-state index contributed by atoms with van der Waals surface area (Å²) in [5.41, 5.74) is 1.99. The molecule has 1 unspecified atom stereocenters. The molecule has 1 aromatic heterocycles. The number of aryl methyl sites for hydroxylation is 1. The van der Waals surface area contributed by atoms with Crippen molar-refractivity contribution in [2.75, 3.05) is 0 Å². The monoisotopic (exact) mass is 252 g/mol. The average Bonchev–Trinajstić information content (AvgIpc) is 2.74. The number of hydrogen-bond donors (Lipinski definition) is 1. The van der Waals surface area contributed by atoms with Crippen molar-refractivity contribution in [1.82, 2.24) is 0 Å². The summed E-state index contributed by atoms with van der Waals surface area (Å²) in [4.78, 5) is 1.19. The first-order valence-electron chi connectivity index (χ1n) is 5.13. The summed E-state index contributed by atoms with van der Waals surface area (Å²) in [6.45, 7) is 1.99. The SMILES string of the molecule is Cc1ccc(Cl)cc1C(O)Cc1cccs1. The lowest BCUT2D eigenvalue weighted by Gasteiger charge is -2.13. The molecule has 16 heavy (non-hydrogen) atoms. The van der Waals surface area contributed by atoms with Gasteiger partial charge in [-0.3, -0.25) is 0 Å². The Morgan fingerprint density at radius 3 is 2.88 bits per heavy atom. The van der Waals surface area contributed by atoms with Crippen molar-refractivity contribution in [3.63, 3.8) is 0 Å². The minimum absolute atomic E-state index is 0.475. The Kier molecular flexibility index (Phi) is 3.64. The van der Waals surface area contributed by atoms with Crippen molar-refractivity contribution in [1.29, 1.82) is 0 Å². The van der Waals surface area contributed by atoms with Crippen molar-refractivity contribution in [2.45, 2.75) is 19.4 Å². The Bertz CT molecular complexity index is 465. The van der Waals surface area contributed by atoms with Gasteiger partial charge >= 0.3 is 0 Å². The van der Waals surface area contributed by atoms with E-state index in [1.54, 1.807) is 11.3 Å². The lowest BCUT2D eigenvalue weighted by Crippen LogP contribution is -2.02. The van der Waals surface area contributed by atoms with Gasteiger partial charge in [0.25, 0.3) is 0 Å². The van der Waals surface area contributed by atoms with Crippen LogP contribution in [-0.4, -0.2) is 5.11 Å². The lowest BCUT2D eigenvalue weighted by molar-refractivity contribution is 0.178. The van der Waals surface area contributed by atoms with Gasteiger partial charge in [-0.15, -0.1) is 11.3 Å². The molecular weight excluding hydrogens is 240 g/mol. The number of hydrogen-bond acceptors (Lipinski definition) is 2. The van der Waals surface area contributed by atoms with Gasteiger partial charge in [0, 0.05) is 16.3 Å². The van der Waals surface area contributed by atoms with E-state index in [9.17, 15) is 5.11 Å². The van der Waals surface area contributed by atoms with E-state index in [0.717, 1.165) is 11.1 Å². The third-order valence-corrected chi connectivity index (χ3v) is 3.71. The first-order chi connectivity index (χ1) is 7.66. The molecule has 0 aliphatic carbocycles. The topological polar surface area (TPSA) is 20.2 Å². The van der Waals surface area contributed by atoms with Gasteiger partial charge in [0.2, 0.25) is 0 Å². The minimum Gasteiger partial charge on any atom is -0.388 e. The fraction of sp³-hybridized carbons (Fsp3) is 0.231. The number of rotatable bonds is 3. The van der Waals surface area contributed by atoms with Crippen molar-refractivity contribution in [2.24, 2.45) is 0 Å². The molecule has 0 bridgehead atoms. The summed E-state index contributed by atoms with van der Waals surface area (Å²) >= 11 is 7.60. The number of aliphatic hydroxyl groups is 1. The molecule has 1 nitrogen and oxygen atoms in total. The van der Waals surface area contributed by atoms with Crippen LogP contribution < -0.4 is 0 Å². The van der Waals surface area contributed by atoms with E-state index in [2.05, 4.69) is 0 Å². The van der Waals surface area contributed by atoms with E-state index in [4.69, 9.17) is 11.6 Å². The summed E-state index contributed by atoms with van der Waals surface area (Å²) in [6.07, 6.45) is 0.177. The molecule has 1 N–H and O–H groups in total. The highest BCUT2D eigenvalue weighted by Gasteiger charge is 2.12. The minimum atomic E-state index is -0.475. The number of aliphatic hydroxyl groups excluding tert-OH is 1. The van der Waals surface area contributed by atoms with E-state index in [1.807, 2.05) is 42.6 Å². The fourth-order valence-electron chi connectivity index (χ4n) is 1.70. The van der Waals surface area contributed by atoms with E-state index >= 15 is 0 Å². The Morgan fingerprint density at radius 1 is 1.38 bits per heavy atom. The predicted octanol–water partition coefficient (Wildman–Crippen LogP) is 3.99. The molecule has 1 heterocycles. The maximum Gasteiger partial charge on any atom is 0.0841 e. The van der Waals surface area contributed by atoms with Crippen LogP contribution in [0.2, 0.25) is 5.02 Å². The second-order valence-corrected chi connectivity index (χ2v) is 5.27. The summed E-state index contributed by atoms with van der Waals surface area (Å²) in [5.74, 6) is 0. The lowest BCUT2D eigenvalue weighted by atomic mass is 10.0. The number of benzene rings is 1. The largest absolute Gasteiger partial charge is 0.388 e. The Hall–Kier alpha value is -0.830. The summed E-state index contributed by atoms with van der Waals surface area (Å²) in [7, 11) is 0. The predicted molar refractivity (Wildman–Crippen MR) is 69.2 cm³/mol. The van der Waals surface area contributed by atoms with Crippen LogP contribution in [0.1, 0.15) is 22.1 Å². The molecule has 0 saturated heterocycles. The fourth-order valence-corrected chi connectivity index (χ4v) is 2.62. The third kappa shape index (κ3) is 2.64. The normalized spacial score (nSPS) is 12.7. The van der Waals surface area contributed by atoms with Gasteiger partial charge < -0.3 is 5.11 Å². The number of halogens is 1. The average molecular weight is 253 g/mol.